The molecular weight excluding hydrogens is 365 g/mol. The number of hydrogen-bond donors (Lipinski definition) is 1. The normalized spacial score (nSPS) is 25.5. The monoisotopic (exact) mass is 377 g/mol. The molecule has 0 radical (unpaired) electrons. The Labute approximate surface area is 142 Å². The number of allylic oxidation sites excluding steroid dienone is 2. The third-order valence-corrected chi connectivity index (χ3v) is 5.32. The molecule has 1 aliphatic carbocycles. The molecule has 2 aromatic rings. The molecule has 0 bridgehead atoms. The molecule has 0 unspecified atom stereocenters. The second-order valence-corrected chi connectivity index (χ2v) is 7.23. The highest BCUT2D eigenvalue weighted by molar-refractivity contribution is 9.10. The standard InChI is InChI=1S/C18H14BrClFN/c19-11-8-15-13-2-1-3-14(13)17(22-18(15)16(21)9-11)10-4-6-12(20)7-5-10/h1-2,4-9,13-14,17,22H,3H2/t13-,14-,17+/m0/s1. The summed E-state index contributed by atoms with van der Waals surface area (Å²) >= 11 is 9.39. The van der Waals surface area contributed by atoms with E-state index in [1.807, 2.05) is 30.3 Å². The lowest BCUT2D eigenvalue weighted by atomic mass is 9.77. The maximum absolute atomic E-state index is 14.4. The van der Waals surface area contributed by atoms with E-state index >= 15 is 0 Å². The Kier molecular flexibility index (Phi) is 3.50. The summed E-state index contributed by atoms with van der Waals surface area (Å²) in [5.74, 6) is 0.452. The van der Waals surface area contributed by atoms with E-state index in [1.54, 1.807) is 0 Å². The van der Waals surface area contributed by atoms with Gasteiger partial charge in [0.05, 0.1) is 11.7 Å². The Balaban J connectivity index is 1.82. The van der Waals surface area contributed by atoms with Crippen LogP contribution >= 0.6 is 27.5 Å². The summed E-state index contributed by atoms with van der Waals surface area (Å²) in [6.07, 6.45) is 5.41. The summed E-state index contributed by atoms with van der Waals surface area (Å²) in [5, 5.41) is 4.14. The van der Waals surface area contributed by atoms with E-state index in [1.165, 1.54) is 6.07 Å². The number of hydrogen-bond acceptors (Lipinski definition) is 1. The fourth-order valence-electron chi connectivity index (χ4n) is 3.62. The molecule has 0 spiro atoms. The van der Waals surface area contributed by atoms with Crippen LogP contribution in [0.15, 0.2) is 53.0 Å². The van der Waals surface area contributed by atoms with E-state index in [0.717, 1.165) is 27.0 Å². The largest absolute Gasteiger partial charge is 0.375 e. The number of fused-ring (bicyclic) bond motifs is 3. The van der Waals surface area contributed by atoms with Crippen molar-refractivity contribution in [2.75, 3.05) is 5.32 Å². The number of rotatable bonds is 1. The van der Waals surface area contributed by atoms with Crippen LogP contribution in [0.5, 0.6) is 0 Å². The van der Waals surface area contributed by atoms with Crippen molar-refractivity contribution in [1.29, 1.82) is 0 Å². The van der Waals surface area contributed by atoms with Crippen LogP contribution in [0.1, 0.15) is 29.5 Å². The molecule has 0 amide bonds. The smallest absolute Gasteiger partial charge is 0.147 e. The van der Waals surface area contributed by atoms with Crippen molar-refractivity contribution in [3.63, 3.8) is 0 Å². The van der Waals surface area contributed by atoms with Crippen molar-refractivity contribution in [3.05, 3.63) is 75.0 Å². The first-order valence-electron chi connectivity index (χ1n) is 7.31. The van der Waals surface area contributed by atoms with Gasteiger partial charge in [-0.1, -0.05) is 51.8 Å². The van der Waals surface area contributed by atoms with Crippen molar-refractivity contribution in [1.82, 2.24) is 0 Å². The number of anilines is 1. The molecule has 0 saturated carbocycles. The average molecular weight is 379 g/mol. The molecule has 1 N–H and O–H groups in total. The highest BCUT2D eigenvalue weighted by Gasteiger charge is 2.39. The zero-order valence-corrected chi connectivity index (χ0v) is 14.0. The van der Waals surface area contributed by atoms with Crippen LogP contribution in [-0.2, 0) is 0 Å². The fourth-order valence-corrected chi connectivity index (χ4v) is 4.19. The maximum atomic E-state index is 14.4. The van der Waals surface area contributed by atoms with Gasteiger partial charge in [-0.15, -0.1) is 0 Å². The first-order valence-corrected chi connectivity index (χ1v) is 8.48. The van der Waals surface area contributed by atoms with Crippen molar-refractivity contribution in [3.8, 4) is 0 Å². The maximum Gasteiger partial charge on any atom is 0.147 e. The first kappa shape index (κ1) is 14.3. The molecule has 0 aromatic heterocycles. The highest BCUT2D eigenvalue weighted by Crippen LogP contribution is 2.51. The van der Waals surface area contributed by atoms with Gasteiger partial charge in [-0.05, 0) is 47.7 Å². The molecule has 1 aliphatic heterocycles. The lowest BCUT2D eigenvalue weighted by Gasteiger charge is -2.37. The van der Waals surface area contributed by atoms with E-state index < -0.39 is 0 Å². The lowest BCUT2D eigenvalue weighted by molar-refractivity contribution is 0.420. The fraction of sp³-hybridized carbons (Fsp3) is 0.222. The molecule has 4 heteroatoms. The van der Waals surface area contributed by atoms with Gasteiger partial charge in [0.2, 0.25) is 0 Å². The SMILES string of the molecule is Fc1cc(Br)cc2c1N[C@H](c1ccc(Cl)cc1)[C@H]1CC=C[C@H]21. The van der Waals surface area contributed by atoms with Gasteiger partial charge in [0.25, 0.3) is 0 Å². The minimum atomic E-state index is -0.206. The van der Waals surface area contributed by atoms with Crippen LogP contribution in [-0.4, -0.2) is 0 Å². The molecule has 3 atom stereocenters. The van der Waals surface area contributed by atoms with Gasteiger partial charge < -0.3 is 5.32 Å². The van der Waals surface area contributed by atoms with Crippen LogP contribution < -0.4 is 5.32 Å². The van der Waals surface area contributed by atoms with Crippen molar-refractivity contribution in [2.24, 2.45) is 5.92 Å². The Hall–Kier alpha value is -1.32. The van der Waals surface area contributed by atoms with Gasteiger partial charge in [-0.2, -0.15) is 0 Å². The molecule has 2 aromatic carbocycles. The number of halogens is 3. The molecular formula is C18H14BrClFN. The molecule has 1 heterocycles. The Morgan fingerprint density at radius 1 is 1.18 bits per heavy atom. The zero-order valence-electron chi connectivity index (χ0n) is 11.7. The van der Waals surface area contributed by atoms with Crippen molar-refractivity contribution >= 4 is 33.2 Å². The second-order valence-electron chi connectivity index (χ2n) is 5.88. The minimum Gasteiger partial charge on any atom is -0.375 e. The van der Waals surface area contributed by atoms with Crippen LogP contribution in [0.2, 0.25) is 5.02 Å². The van der Waals surface area contributed by atoms with E-state index in [0.29, 0.717) is 11.6 Å². The molecule has 1 nitrogen and oxygen atoms in total. The highest BCUT2D eigenvalue weighted by atomic mass is 79.9. The molecule has 0 fully saturated rings. The zero-order chi connectivity index (χ0) is 15.3. The van der Waals surface area contributed by atoms with Crippen LogP contribution in [0.4, 0.5) is 10.1 Å². The first-order chi connectivity index (χ1) is 10.6. The Morgan fingerprint density at radius 3 is 2.73 bits per heavy atom. The average Bonchev–Trinajstić information content (AvgIpc) is 2.97. The third-order valence-electron chi connectivity index (χ3n) is 4.61. The molecule has 2 aliphatic rings. The Bertz CT molecular complexity index is 756. The molecule has 0 saturated heterocycles. The van der Waals surface area contributed by atoms with Gasteiger partial charge >= 0.3 is 0 Å². The summed E-state index contributed by atoms with van der Waals surface area (Å²) in [5.41, 5.74) is 2.81. The van der Waals surface area contributed by atoms with Gasteiger partial charge in [0, 0.05) is 15.4 Å². The summed E-state index contributed by atoms with van der Waals surface area (Å²) in [6, 6.07) is 11.5. The van der Waals surface area contributed by atoms with Gasteiger partial charge in [0.15, 0.2) is 0 Å². The second kappa shape index (κ2) is 5.39. The predicted octanol–water partition coefficient (Wildman–Crippen LogP) is 6.07. The van der Waals surface area contributed by atoms with Crippen LogP contribution in [0.3, 0.4) is 0 Å². The summed E-state index contributed by atoms with van der Waals surface area (Å²) in [6.45, 7) is 0. The van der Waals surface area contributed by atoms with Crippen molar-refractivity contribution < 1.29 is 4.39 Å². The summed E-state index contributed by atoms with van der Waals surface area (Å²) in [4.78, 5) is 0. The van der Waals surface area contributed by atoms with E-state index in [-0.39, 0.29) is 17.8 Å². The van der Waals surface area contributed by atoms with Crippen molar-refractivity contribution in [2.45, 2.75) is 18.4 Å². The quantitative estimate of drug-likeness (QED) is 0.594. The van der Waals surface area contributed by atoms with Crippen LogP contribution in [0, 0.1) is 11.7 Å². The minimum absolute atomic E-state index is 0.0976. The van der Waals surface area contributed by atoms with E-state index in [9.17, 15) is 4.39 Å². The number of benzene rings is 2. The van der Waals surface area contributed by atoms with Gasteiger partial charge in [0.1, 0.15) is 5.82 Å². The van der Waals surface area contributed by atoms with Gasteiger partial charge in [-0.25, -0.2) is 4.39 Å². The van der Waals surface area contributed by atoms with Gasteiger partial charge in [-0.3, -0.25) is 0 Å². The number of nitrogens with one attached hydrogen (secondary N) is 1. The van der Waals surface area contributed by atoms with E-state index in [4.69, 9.17) is 11.6 Å². The van der Waals surface area contributed by atoms with E-state index in [2.05, 4.69) is 33.4 Å². The Morgan fingerprint density at radius 2 is 1.95 bits per heavy atom. The molecule has 112 valence electrons. The third kappa shape index (κ3) is 2.27. The lowest BCUT2D eigenvalue weighted by Crippen LogP contribution is -2.29. The molecule has 22 heavy (non-hydrogen) atoms. The summed E-state index contributed by atoms with van der Waals surface area (Å²) < 4.78 is 15.2. The topological polar surface area (TPSA) is 12.0 Å². The summed E-state index contributed by atoms with van der Waals surface area (Å²) in [7, 11) is 0. The predicted molar refractivity (Wildman–Crippen MR) is 91.9 cm³/mol. The molecule has 4 rings (SSSR count). The van der Waals surface area contributed by atoms with Crippen LogP contribution in [0.25, 0.3) is 0 Å².